The third-order valence-electron chi connectivity index (χ3n) is 2.45. The number of hydrogen-bond acceptors (Lipinski definition) is 4. The second-order valence-electron chi connectivity index (χ2n) is 3.83. The molecule has 0 spiro atoms. The number of carbonyl (C=O) groups is 1. The zero-order valence-corrected chi connectivity index (χ0v) is 10.2. The van der Waals surface area contributed by atoms with Gasteiger partial charge in [-0.3, -0.25) is 4.79 Å². The molecule has 5 heteroatoms. The number of Topliss-reactive ketones (excluding diaryl/α,β-unsaturated/α-hetero) is 1. The van der Waals surface area contributed by atoms with E-state index >= 15 is 0 Å². The molecule has 0 unspecified atom stereocenters. The van der Waals surface area contributed by atoms with Crippen LogP contribution in [0.3, 0.4) is 0 Å². The number of ketones is 1. The molecule has 0 saturated heterocycles. The first kappa shape index (κ1) is 11.9. The zero-order chi connectivity index (χ0) is 12.5. The lowest BCUT2D eigenvalue weighted by atomic mass is 10.1. The summed E-state index contributed by atoms with van der Waals surface area (Å²) in [4.78, 5) is 12.1. The van der Waals surface area contributed by atoms with E-state index in [9.17, 15) is 13.2 Å². The first-order valence-corrected chi connectivity index (χ1v) is 7.05. The maximum absolute atomic E-state index is 11.9. The van der Waals surface area contributed by atoms with Crippen LogP contribution in [-0.4, -0.2) is 27.1 Å². The summed E-state index contributed by atoms with van der Waals surface area (Å²) in [6.07, 6.45) is 3.55. The van der Waals surface area contributed by atoms with Gasteiger partial charge in [0.25, 0.3) is 0 Å². The molecule has 1 aromatic rings. The molecule has 0 atom stereocenters. The summed E-state index contributed by atoms with van der Waals surface area (Å²) in [7, 11) is -3.29. The predicted molar refractivity (Wildman–Crippen MR) is 62.5 cm³/mol. The van der Waals surface area contributed by atoms with Gasteiger partial charge in [0.05, 0.1) is 11.5 Å². The van der Waals surface area contributed by atoms with Crippen LogP contribution in [-0.2, 0) is 14.6 Å². The molecule has 0 fully saturated rings. The van der Waals surface area contributed by atoms with Gasteiger partial charge in [-0.25, -0.2) is 8.42 Å². The Morgan fingerprint density at radius 3 is 2.71 bits per heavy atom. The summed E-state index contributed by atoms with van der Waals surface area (Å²) in [6.45, 7) is 0.507. The minimum atomic E-state index is -3.29. The maximum atomic E-state index is 11.9. The summed E-state index contributed by atoms with van der Waals surface area (Å²) in [5, 5.41) is 0. The monoisotopic (exact) mass is 252 g/mol. The van der Waals surface area contributed by atoms with Gasteiger partial charge in [-0.1, -0.05) is 12.1 Å². The summed E-state index contributed by atoms with van der Waals surface area (Å²) in [5.74, 6) is 0.0312. The number of sulfone groups is 1. The Bertz CT molecular complexity index is 584. The number of hydrogen-bond donors (Lipinski definition) is 0. The van der Waals surface area contributed by atoms with Crippen molar-refractivity contribution in [2.24, 2.45) is 0 Å². The third kappa shape index (κ3) is 2.55. The van der Waals surface area contributed by atoms with Gasteiger partial charge in [0.1, 0.15) is 0 Å². The Hall–Kier alpha value is -1.62. The second-order valence-corrected chi connectivity index (χ2v) is 5.85. The van der Waals surface area contributed by atoms with Gasteiger partial charge >= 0.3 is 0 Å². The lowest BCUT2D eigenvalue weighted by Gasteiger charge is -2.04. The Kier molecular flexibility index (Phi) is 3.02. The molecule has 0 N–H and O–H groups in total. The summed E-state index contributed by atoms with van der Waals surface area (Å²) in [5.41, 5.74) is 0.334. The molecule has 0 saturated carbocycles. The van der Waals surface area contributed by atoms with Gasteiger partial charge in [0, 0.05) is 18.2 Å². The van der Waals surface area contributed by atoms with E-state index in [1.54, 1.807) is 18.2 Å². The van der Waals surface area contributed by atoms with E-state index in [4.69, 9.17) is 4.74 Å². The first-order valence-electron chi connectivity index (χ1n) is 5.16. The molecule has 1 heterocycles. The van der Waals surface area contributed by atoms with Crippen molar-refractivity contribution in [3.8, 4) is 0 Å². The number of allylic oxidation sites excluding steroid dienone is 1. The lowest BCUT2D eigenvalue weighted by molar-refractivity contribution is 0.0942. The van der Waals surface area contributed by atoms with Crippen LogP contribution in [0.15, 0.2) is 41.0 Å². The smallest absolute Gasteiger partial charge is 0.227 e. The minimum Gasteiger partial charge on any atom is -0.489 e. The zero-order valence-electron chi connectivity index (χ0n) is 9.34. The minimum absolute atomic E-state index is 0.141. The number of benzene rings is 1. The maximum Gasteiger partial charge on any atom is 0.227 e. The molecule has 0 bridgehead atoms. The fourth-order valence-corrected chi connectivity index (χ4v) is 2.25. The molecule has 2 rings (SSSR count). The van der Waals surface area contributed by atoms with Crippen LogP contribution in [0.25, 0.3) is 0 Å². The Labute approximate surface area is 99.8 Å². The Morgan fingerprint density at radius 2 is 2.12 bits per heavy atom. The van der Waals surface area contributed by atoms with Crippen molar-refractivity contribution in [1.29, 1.82) is 0 Å². The molecule has 1 aliphatic heterocycles. The van der Waals surface area contributed by atoms with E-state index in [0.717, 1.165) is 6.26 Å². The highest BCUT2D eigenvalue weighted by molar-refractivity contribution is 7.90. The molecular formula is C12H12O4S. The second kappa shape index (κ2) is 4.33. The van der Waals surface area contributed by atoms with Crippen LogP contribution in [0.2, 0.25) is 0 Å². The highest BCUT2D eigenvalue weighted by Gasteiger charge is 2.18. The molecule has 0 aliphatic carbocycles. The van der Waals surface area contributed by atoms with Gasteiger partial charge in [-0.05, 0) is 18.2 Å². The van der Waals surface area contributed by atoms with Crippen molar-refractivity contribution >= 4 is 15.6 Å². The SMILES string of the molecule is CS(=O)(=O)c1cccc(C(=O)C2=CCCO2)c1. The van der Waals surface area contributed by atoms with Crippen LogP contribution in [0.1, 0.15) is 16.8 Å². The van der Waals surface area contributed by atoms with Gasteiger partial charge in [0.2, 0.25) is 5.78 Å². The van der Waals surface area contributed by atoms with E-state index in [1.165, 1.54) is 12.1 Å². The Balaban J connectivity index is 2.37. The molecule has 4 nitrogen and oxygen atoms in total. The molecule has 17 heavy (non-hydrogen) atoms. The predicted octanol–water partition coefficient (Wildman–Crippen LogP) is 1.58. The molecule has 1 aliphatic rings. The average molecular weight is 252 g/mol. The van der Waals surface area contributed by atoms with Gasteiger partial charge in [-0.15, -0.1) is 0 Å². The van der Waals surface area contributed by atoms with Crippen LogP contribution in [0.4, 0.5) is 0 Å². The number of ether oxygens (including phenoxy) is 1. The molecule has 0 radical (unpaired) electrons. The van der Waals surface area contributed by atoms with E-state index in [-0.39, 0.29) is 10.7 Å². The molecule has 1 aromatic carbocycles. The van der Waals surface area contributed by atoms with Crippen molar-refractivity contribution in [3.63, 3.8) is 0 Å². The van der Waals surface area contributed by atoms with E-state index in [1.807, 2.05) is 0 Å². The van der Waals surface area contributed by atoms with Crippen LogP contribution in [0.5, 0.6) is 0 Å². The van der Waals surface area contributed by atoms with Crippen LogP contribution < -0.4 is 0 Å². The summed E-state index contributed by atoms with van der Waals surface area (Å²) in [6, 6.07) is 5.98. The van der Waals surface area contributed by atoms with Gasteiger partial charge < -0.3 is 4.74 Å². The topological polar surface area (TPSA) is 60.4 Å². The van der Waals surface area contributed by atoms with Crippen molar-refractivity contribution in [1.82, 2.24) is 0 Å². The molecule has 90 valence electrons. The normalized spacial score (nSPS) is 15.2. The third-order valence-corrected chi connectivity index (χ3v) is 3.56. The van der Waals surface area contributed by atoms with Crippen LogP contribution in [0, 0.1) is 0 Å². The van der Waals surface area contributed by atoms with Gasteiger partial charge in [0.15, 0.2) is 15.6 Å². The van der Waals surface area contributed by atoms with Crippen molar-refractivity contribution in [3.05, 3.63) is 41.7 Å². The van der Waals surface area contributed by atoms with E-state index in [0.29, 0.717) is 24.4 Å². The quantitative estimate of drug-likeness (QED) is 0.766. The molecule has 0 amide bonds. The van der Waals surface area contributed by atoms with Crippen molar-refractivity contribution < 1.29 is 17.9 Å². The highest BCUT2D eigenvalue weighted by Crippen LogP contribution is 2.18. The number of carbonyl (C=O) groups excluding carboxylic acids is 1. The Morgan fingerprint density at radius 1 is 1.35 bits per heavy atom. The van der Waals surface area contributed by atoms with Crippen LogP contribution >= 0.6 is 0 Å². The fourth-order valence-electron chi connectivity index (χ4n) is 1.59. The van der Waals surface area contributed by atoms with Crippen molar-refractivity contribution in [2.45, 2.75) is 11.3 Å². The average Bonchev–Trinajstić information content (AvgIpc) is 2.80. The lowest BCUT2D eigenvalue weighted by Crippen LogP contribution is -2.06. The fraction of sp³-hybridized carbons (Fsp3) is 0.250. The molecular weight excluding hydrogens is 240 g/mol. The first-order chi connectivity index (χ1) is 7.98. The summed E-state index contributed by atoms with van der Waals surface area (Å²) < 4.78 is 27.9. The largest absolute Gasteiger partial charge is 0.489 e. The highest BCUT2D eigenvalue weighted by atomic mass is 32.2. The summed E-state index contributed by atoms with van der Waals surface area (Å²) >= 11 is 0. The molecule has 0 aromatic heterocycles. The van der Waals surface area contributed by atoms with E-state index < -0.39 is 9.84 Å². The number of rotatable bonds is 3. The van der Waals surface area contributed by atoms with Gasteiger partial charge in [-0.2, -0.15) is 0 Å². The standard InChI is InChI=1S/C12H12O4S/c1-17(14,15)10-5-2-4-9(8-10)12(13)11-6-3-7-16-11/h2,4-6,8H,3,7H2,1H3. The van der Waals surface area contributed by atoms with E-state index in [2.05, 4.69) is 0 Å². The van der Waals surface area contributed by atoms with Crippen molar-refractivity contribution in [2.75, 3.05) is 12.9 Å².